The van der Waals surface area contributed by atoms with Crippen LogP contribution in [0.15, 0.2) is 82.2 Å². The zero-order valence-electron chi connectivity index (χ0n) is 20.8. The van der Waals surface area contributed by atoms with Gasteiger partial charge in [-0.2, -0.15) is 0 Å². The van der Waals surface area contributed by atoms with Crippen molar-refractivity contribution in [3.8, 4) is 0 Å². The Hall–Kier alpha value is -2.88. The number of carbonyl (C=O) groups excluding carboxylic acids is 2. The maximum absolute atomic E-state index is 13.8. The molecule has 0 saturated heterocycles. The van der Waals surface area contributed by atoms with E-state index in [2.05, 4.69) is 21.2 Å². The third kappa shape index (κ3) is 7.12. The number of amides is 2. The van der Waals surface area contributed by atoms with Gasteiger partial charge in [0.1, 0.15) is 12.6 Å². The highest BCUT2D eigenvalue weighted by Crippen LogP contribution is 2.30. The average Bonchev–Trinajstić information content (AvgIpc) is 2.87. The lowest BCUT2D eigenvalue weighted by atomic mass is 10.1. The van der Waals surface area contributed by atoms with Gasteiger partial charge in [-0.1, -0.05) is 63.9 Å². The van der Waals surface area contributed by atoms with Crippen LogP contribution in [-0.4, -0.2) is 44.3 Å². The number of hydrogen-bond donors (Lipinski definition) is 1. The van der Waals surface area contributed by atoms with Crippen molar-refractivity contribution in [2.75, 3.05) is 17.4 Å². The van der Waals surface area contributed by atoms with Gasteiger partial charge in [-0.05, 0) is 68.3 Å². The summed E-state index contributed by atoms with van der Waals surface area (Å²) in [4.78, 5) is 28.0. The van der Waals surface area contributed by atoms with E-state index in [0.29, 0.717) is 17.1 Å². The van der Waals surface area contributed by atoms with E-state index in [0.717, 1.165) is 14.3 Å². The summed E-state index contributed by atoms with van der Waals surface area (Å²) >= 11 is 9.67. The first-order valence-electron chi connectivity index (χ1n) is 11.7. The Labute approximate surface area is 231 Å². The van der Waals surface area contributed by atoms with Gasteiger partial charge in [0, 0.05) is 22.6 Å². The number of likely N-dealkylation sites (N-methyl/N-ethyl adjacent to an activating group) is 1. The smallest absolute Gasteiger partial charge is 0.264 e. The van der Waals surface area contributed by atoms with Crippen LogP contribution in [0.2, 0.25) is 5.02 Å². The van der Waals surface area contributed by atoms with Crippen molar-refractivity contribution < 1.29 is 18.0 Å². The molecule has 0 unspecified atom stereocenters. The van der Waals surface area contributed by atoms with Gasteiger partial charge in [0.2, 0.25) is 11.8 Å². The largest absolute Gasteiger partial charge is 0.355 e. The first-order valence-corrected chi connectivity index (χ1v) is 14.3. The fourth-order valence-corrected chi connectivity index (χ4v) is 5.93. The molecule has 0 radical (unpaired) electrons. The second-order valence-corrected chi connectivity index (χ2v) is 11.7. The molecule has 0 fully saturated rings. The lowest BCUT2D eigenvalue weighted by Crippen LogP contribution is -2.51. The molecule has 1 atom stereocenters. The molecule has 1 N–H and O–H groups in total. The summed E-state index contributed by atoms with van der Waals surface area (Å²) in [5.41, 5.74) is 1.71. The first kappa shape index (κ1) is 28.7. The van der Waals surface area contributed by atoms with E-state index in [1.165, 1.54) is 23.1 Å². The highest BCUT2D eigenvalue weighted by atomic mass is 79.9. The summed E-state index contributed by atoms with van der Waals surface area (Å²) in [6.07, 6.45) is 0. The van der Waals surface area contributed by atoms with E-state index < -0.39 is 28.5 Å². The number of hydrogen-bond acceptors (Lipinski definition) is 4. The molecule has 0 spiro atoms. The van der Waals surface area contributed by atoms with Gasteiger partial charge in [0.05, 0.1) is 10.6 Å². The first-order chi connectivity index (χ1) is 17.5. The van der Waals surface area contributed by atoms with Crippen molar-refractivity contribution in [1.29, 1.82) is 0 Å². The number of rotatable bonds is 10. The van der Waals surface area contributed by atoms with Crippen molar-refractivity contribution in [3.63, 3.8) is 0 Å². The Morgan fingerprint density at radius 3 is 2.38 bits per heavy atom. The van der Waals surface area contributed by atoms with Crippen LogP contribution in [0.25, 0.3) is 0 Å². The van der Waals surface area contributed by atoms with Crippen LogP contribution >= 0.6 is 27.5 Å². The van der Waals surface area contributed by atoms with E-state index >= 15 is 0 Å². The number of anilines is 1. The Morgan fingerprint density at radius 2 is 1.73 bits per heavy atom. The second kappa shape index (κ2) is 12.6. The predicted molar refractivity (Wildman–Crippen MR) is 150 cm³/mol. The van der Waals surface area contributed by atoms with Gasteiger partial charge < -0.3 is 10.2 Å². The van der Waals surface area contributed by atoms with Crippen LogP contribution in [0.4, 0.5) is 5.69 Å². The summed E-state index contributed by atoms with van der Waals surface area (Å²) in [6, 6.07) is 19.3. The Balaban J connectivity index is 2.06. The zero-order valence-corrected chi connectivity index (χ0v) is 24.0. The molecule has 0 saturated carbocycles. The van der Waals surface area contributed by atoms with Crippen LogP contribution in [0, 0.1) is 6.92 Å². The normalized spacial score (nSPS) is 12.0. The fourth-order valence-electron chi connectivity index (χ4n) is 3.82. The van der Waals surface area contributed by atoms with Crippen molar-refractivity contribution in [3.05, 3.63) is 93.4 Å². The maximum Gasteiger partial charge on any atom is 0.264 e. The van der Waals surface area contributed by atoms with E-state index in [-0.39, 0.29) is 23.0 Å². The summed E-state index contributed by atoms with van der Waals surface area (Å²) < 4.78 is 29.5. The molecule has 196 valence electrons. The van der Waals surface area contributed by atoms with Gasteiger partial charge in [-0.3, -0.25) is 13.9 Å². The van der Waals surface area contributed by atoms with E-state index in [1.54, 1.807) is 51.1 Å². The molecule has 3 aromatic carbocycles. The molecule has 0 aliphatic carbocycles. The summed E-state index contributed by atoms with van der Waals surface area (Å²) in [6.45, 7) is 5.17. The molecule has 7 nitrogen and oxygen atoms in total. The molecule has 3 aromatic rings. The third-order valence-electron chi connectivity index (χ3n) is 5.81. The highest BCUT2D eigenvalue weighted by molar-refractivity contribution is 9.10. The average molecular weight is 607 g/mol. The van der Waals surface area contributed by atoms with Gasteiger partial charge >= 0.3 is 0 Å². The van der Waals surface area contributed by atoms with E-state index in [9.17, 15) is 18.0 Å². The monoisotopic (exact) mass is 605 g/mol. The SMILES string of the molecule is CCNC(=O)[C@@H](C)N(Cc1cccc(Br)c1)C(=O)CN(c1cc(Cl)ccc1C)S(=O)(=O)c1ccccc1. The van der Waals surface area contributed by atoms with Crippen LogP contribution in [0.5, 0.6) is 0 Å². The lowest BCUT2D eigenvalue weighted by molar-refractivity contribution is -0.139. The van der Waals surface area contributed by atoms with E-state index in [1.807, 2.05) is 24.3 Å². The molecular weight excluding hydrogens is 578 g/mol. The van der Waals surface area contributed by atoms with Crippen molar-refractivity contribution in [2.24, 2.45) is 0 Å². The van der Waals surface area contributed by atoms with Crippen molar-refractivity contribution in [2.45, 2.75) is 38.3 Å². The summed E-state index contributed by atoms with van der Waals surface area (Å²) in [7, 11) is -4.14. The Morgan fingerprint density at radius 1 is 1.03 bits per heavy atom. The number of aryl methyl sites for hydroxylation is 1. The molecule has 3 rings (SSSR count). The molecule has 10 heteroatoms. The van der Waals surface area contributed by atoms with E-state index in [4.69, 9.17) is 11.6 Å². The number of carbonyl (C=O) groups is 2. The number of halogens is 2. The van der Waals surface area contributed by atoms with Gasteiger partial charge in [-0.15, -0.1) is 0 Å². The standard InChI is InChI=1S/C27H29BrClN3O4S/c1-4-30-27(34)20(3)31(17-21-9-8-10-22(28)15-21)26(33)18-32(25-16-23(29)14-13-19(25)2)37(35,36)24-11-6-5-7-12-24/h5-16,20H,4,17-18H2,1-3H3,(H,30,34)/t20-/m1/s1. The number of nitrogens with zero attached hydrogens (tertiary/aromatic N) is 2. The predicted octanol–water partition coefficient (Wildman–Crippen LogP) is 5.16. The Kier molecular flexibility index (Phi) is 9.75. The van der Waals surface area contributed by atoms with Crippen LogP contribution in [0.1, 0.15) is 25.0 Å². The van der Waals surface area contributed by atoms with Crippen molar-refractivity contribution >= 4 is 55.1 Å². The minimum absolute atomic E-state index is 0.0393. The highest BCUT2D eigenvalue weighted by Gasteiger charge is 2.33. The number of benzene rings is 3. The number of sulfonamides is 1. The molecule has 0 heterocycles. The lowest BCUT2D eigenvalue weighted by Gasteiger charge is -2.32. The van der Waals surface area contributed by atoms with Gasteiger partial charge in [0.15, 0.2) is 0 Å². The minimum Gasteiger partial charge on any atom is -0.355 e. The van der Waals surface area contributed by atoms with Gasteiger partial charge in [-0.25, -0.2) is 8.42 Å². The molecule has 2 amide bonds. The maximum atomic E-state index is 13.8. The van der Waals surface area contributed by atoms with Crippen LogP contribution < -0.4 is 9.62 Å². The zero-order chi connectivity index (χ0) is 27.2. The van der Waals surface area contributed by atoms with Crippen LogP contribution in [-0.2, 0) is 26.2 Å². The quantitative estimate of drug-likeness (QED) is 0.346. The van der Waals surface area contributed by atoms with Gasteiger partial charge in [0.25, 0.3) is 10.0 Å². The topological polar surface area (TPSA) is 86.8 Å². The third-order valence-corrected chi connectivity index (χ3v) is 8.31. The van der Waals surface area contributed by atoms with Crippen molar-refractivity contribution in [1.82, 2.24) is 10.2 Å². The molecule has 0 bridgehead atoms. The van der Waals surface area contributed by atoms with Crippen LogP contribution in [0.3, 0.4) is 0 Å². The molecular formula is C27H29BrClN3O4S. The second-order valence-electron chi connectivity index (χ2n) is 8.48. The molecule has 0 aliphatic rings. The fraction of sp³-hybridized carbons (Fsp3) is 0.259. The minimum atomic E-state index is -4.14. The molecule has 0 aromatic heterocycles. The molecule has 37 heavy (non-hydrogen) atoms. The Bertz CT molecular complexity index is 1370. The molecule has 0 aliphatic heterocycles. The summed E-state index contributed by atoms with van der Waals surface area (Å²) in [5.74, 6) is -0.861. The summed E-state index contributed by atoms with van der Waals surface area (Å²) in [5, 5.41) is 3.08. The number of nitrogens with one attached hydrogen (secondary N) is 1.